The maximum atomic E-state index is 2.40. The highest BCUT2D eigenvalue weighted by atomic mass is 14.4. The monoisotopic (exact) mass is 194 g/mol. The Hall–Kier alpha value is 0. The lowest BCUT2D eigenvalue weighted by Gasteiger charge is -2.24. The van der Waals surface area contributed by atoms with Crippen molar-refractivity contribution in [2.24, 2.45) is 23.2 Å². The van der Waals surface area contributed by atoms with Crippen molar-refractivity contribution in [2.75, 3.05) is 0 Å². The van der Waals surface area contributed by atoms with E-state index in [-0.39, 0.29) is 0 Å². The van der Waals surface area contributed by atoms with E-state index in [1.54, 1.807) is 25.7 Å². The molecule has 2 aliphatic carbocycles. The Bertz CT molecular complexity index is 173. The van der Waals surface area contributed by atoms with Crippen LogP contribution in [0.25, 0.3) is 0 Å². The van der Waals surface area contributed by atoms with Gasteiger partial charge >= 0.3 is 0 Å². The van der Waals surface area contributed by atoms with Crippen molar-refractivity contribution in [1.29, 1.82) is 0 Å². The van der Waals surface area contributed by atoms with E-state index in [4.69, 9.17) is 0 Å². The highest BCUT2D eigenvalue weighted by Crippen LogP contribution is 2.48. The lowest BCUT2D eigenvalue weighted by atomic mass is 9.82. The molecular formula is C14H26. The third-order valence-corrected chi connectivity index (χ3v) is 4.24. The summed E-state index contributed by atoms with van der Waals surface area (Å²) in [6.07, 6.45) is 10.7. The van der Waals surface area contributed by atoms with Gasteiger partial charge in [-0.1, -0.05) is 46.5 Å². The molecule has 2 fully saturated rings. The fourth-order valence-electron chi connectivity index (χ4n) is 3.89. The second kappa shape index (κ2) is 3.87. The molecule has 2 aliphatic rings. The van der Waals surface area contributed by atoms with Crippen LogP contribution in [0.2, 0.25) is 0 Å². The van der Waals surface area contributed by atoms with Gasteiger partial charge in [0.05, 0.1) is 0 Å². The molecule has 0 aromatic carbocycles. The van der Waals surface area contributed by atoms with Crippen LogP contribution in [0.5, 0.6) is 0 Å². The molecule has 0 amide bonds. The van der Waals surface area contributed by atoms with E-state index in [0.29, 0.717) is 5.41 Å². The second-order valence-electron chi connectivity index (χ2n) is 6.91. The highest BCUT2D eigenvalue weighted by Gasteiger charge is 2.36. The zero-order valence-corrected chi connectivity index (χ0v) is 10.2. The van der Waals surface area contributed by atoms with Gasteiger partial charge in [0, 0.05) is 0 Å². The van der Waals surface area contributed by atoms with Crippen LogP contribution in [0.15, 0.2) is 0 Å². The van der Waals surface area contributed by atoms with Crippen LogP contribution in [-0.2, 0) is 0 Å². The Balaban J connectivity index is 1.87. The van der Waals surface area contributed by atoms with Crippen molar-refractivity contribution in [1.82, 2.24) is 0 Å². The summed E-state index contributed by atoms with van der Waals surface area (Å²) in [5.74, 6) is 3.30. The number of hydrogen-bond acceptors (Lipinski definition) is 0. The Labute approximate surface area is 89.5 Å². The largest absolute Gasteiger partial charge is 0.0602 e. The third kappa shape index (κ3) is 2.52. The minimum atomic E-state index is 0.554. The molecular weight excluding hydrogens is 168 g/mol. The standard InChI is InChI=1S/C14H26/c1-14(2,3)10-11-8-12-6-4-5-7-13(12)9-11/h11-13H,4-10H2,1-3H3. The molecule has 0 N–H and O–H groups in total. The predicted octanol–water partition coefficient (Wildman–Crippen LogP) is 4.64. The van der Waals surface area contributed by atoms with Gasteiger partial charge in [0.1, 0.15) is 0 Å². The fourth-order valence-corrected chi connectivity index (χ4v) is 3.89. The number of fused-ring (bicyclic) bond motifs is 1. The quantitative estimate of drug-likeness (QED) is 0.570. The van der Waals surface area contributed by atoms with Gasteiger partial charge in [0.25, 0.3) is 0 Å². The van der Waals surface area contributed by atoms with Crippen LogP contribution >= 0.6 is 0 Å². The minimum Gasteiger partial charge on any atom is -0.0602 e. The second-order valence-corrected chi connectivity index (χ2v) is 6.91. The van der Waals surface area contributed by atoms with Gasteiger partial charge in [-0.15, -0.1) is 0 Å². The molecule has 2 unspecified atom stereocenters. The van der Waals surface area contributed by atoms with E-state index in [0.717, 1.165) is 17.8 Å². The van der Waals surface area contributed by atoms with Gasteiger partial charge < -0.3 is 0 Å². The summed E-state index contributed by atoms with van der Waals surface area (Å²) in [6.45, 7) is 7.19. The minimum absolute atomic E-state index is 0.554. The molecule has 2 atom stereocenters. The lowest BCUT2D eigenvalue weighted by Crippen LogP contribution is -2.12. The molecule has 0 heterocycles. The Morgan fingerprint density at radius 3 is 1.86 bits per heavy atom. The van der Waals surface area contributed by atoms with E-state index in [1.165, 1.54) is 19.3 Å². The molecule has 82 valence electrons. The molecule has 2 rings (SSSR count). The van der Waals surface area contributed by atoms with E-state index in [1.807, 2.05) is 0 Å². The molecule has 0 saturated heterocycles. The summed E-state index contributed by atoms with van der Waals surface area (Å²) >= 11 is 0. The van der Waals surface area contributed by atoms with Crippen molar-refractivity contribution < 1.29 is 0 Å². The summed E-state index contributed by atoms with van der Waals surface area (Å²) < 4.78 is 0. The summed E-state index contributed by atoms with van der Waals surface area (Å²) in [5.41, 5.74) is 0.554. The third-order valence-electron chi connectivity index (χ3n) is 4.24. The van der Waals surface area contributed by atoms with Gasteiger partial charge in [-0.2, -0.15) is 0 Å². The zero-order chi connectivity index (χ0) is 10.2. The molecule has 0 heteroatoms. The predicted molar refractivity (Wildman–Crippen MR) is 62.2 cm³/mol. The van der Waals surface area contributed by atoms with Crippen LogP contribution in [0.1, 0.15) is 65.7 Å². The van der Waals surface area contributed by atoms with Gasteiger partial charge in [-0.3, -0.25) is 0 Å². The maximum Gasteiger partial charge on any atom is -0.0380 e. The topological polar surface area (TPSA) is 0 Å². The van der Waals surface area contributed by atoms with E-state index < -0.39 is 0 Å². The highest BCUT2D eigenvalue weighted by molar-refractivity contribution is 4.87. The van der Waals surface area contributed by atoms with Crippen molar-refractivity contribution in [3.8, 4) is 0 Å². The Kier molecular flexibility index (Phi) is 2.91. The molecule has 0 aromatic rings. The van der Waals surface area contributed by atoms with E-state index >= 15 is 0 Å². The SMILES string of the molecule is CC(C)(C)CC1CC2CCCCC2C1. The lowest BCUT2D eigenvalue weighted by molar-refractivity contribution is 0.277. The Morgan fingerprint density at radius 2 is 1.43 bits per heavy atom. The molecule has 0 aromatic heterocycles. The van der Waals surface area contributed by atoms with Gasteiger partial charge in [0.15, 0.2) is 0 Å². The molecule has 0 aliphatic heterocycles. The summed E-state index contributed by atoms with van der Waals surface area (Å²) in [4.78, 5) is 0. The van der Waals surface area contributed by atoms with Crippen molar-refractivity contribution in [2.45, 2.75) is 65.7 Å². The van der Waals surface area contributed by atoms with Crippen LogP contribution in [0, 0.1) is 23.2 Å². The fraction of sp³-hybridized carbons (Fsp3) is 1.00. The Morgan fingerprint density at radius 1 is 0.929 bits per heavy atom. The molecule has 0 bridgehead atoms. The number of rotatable bonds is 1. The summed E-state index contributed by atoms with van der Waals surface area (Å²) in [6, 6.07) is 0. The normalized spacial score (nSPS) is 38.4. The zero-order valence-electron chi connectivity index (χ0n) is 10.2. The first-order valence-corrected chi connectivity index (χ1v) is 6.54. The van der Waals surface area contributed by atoms with Gasteiger partial charge in [-0.25, -0.2) is 0 Å². The molecule has 14 heavy (non-hydrogen) atoms. The molecule has 0 radical (unpaired) electrons. The van der Waals surface area contributed by atoms with Crippen molar-refractivity contribution in [3.63, 3.8) is 0 Å². The van der Waals surface area contributed by atoms with Crippen LogP contribution in [-0.4, -0.2) is 0 Å². The van der Waals surface area contributed by atoms with Crippen molar-refractivity contribution >= 4 is 0 Å². The van der Waals surface area contributed by atoms with E-state index in [2.05, 4.69) is 20.8 Å². The summed E-state index contributed by atoms with van der Waals surface area (Å²) in [5, 5.41) is 0. The average Bonchev–Trinajstić information content (AvgIpc) is 2.42. The molecule has 0 nitrogen and oxygen atoms in total. The first-order chi connectivity index (χ1) is 6.54. The molecule has 0 spiro atoms. The van der Waals surface area contributed by atoms with Crippen LogP contribution in [0.4, 0.5) is 0 Å². The molecule has 2 saturated carbocycles. The first kappa shape index (κ1) is 10.5. The number of hydrogen-bond donors (Lipinski definition) is 0. The van der Waals surface area contributed by atoms with Gasteiger partial charge in [0.2, 0.25) is 0 Å². The van der Waals surface area contributed by atoms with Gasteiger partial charge in [-0.05, 0) is 42.4 Å². The van der Waals surface area contributed by atoms with Crippen LogP contribution in [0.3, 0.4) is 0 Å². The van der Waals surface area contributed by atoms with E-state index in [9.17, 15) is 0 Å². The smallest absolute Gasteiger partial charge is 0.0380 e. The average molecular weight is 194 g/mol. The van der Waals surface area contributed by atoms with Crippen molar-refractivity contribution in [3.05, 3.63) is 0 Å². The first-order valence-electron chi connectivity index (χ1n) is 6.54. The maximum absolute atomic E-state index is 2.40. The van der Waals surface area contributed by atoms with Crippen LogP contribution < -0.4 is 0 Å². The summed E-state index contributed by atoms with van der Waals surface area (Å²) in [7, 11) is 0.